The van der Waals surface area contributed by atoms with Gasteiger partial charge in [0.25, 0.3) is 0 Å². The van der Waals surface area contributed by atoms with Crippen LogP contribution >= 0.6 is 0 Å². The fraction of sp³-hybridized carbons (Fsp3) is 0.250. The predicted octanol–water partition coefficient (Wildman–Crippen LogP) is 0.00740. The number of hydrogen-bond donors (Lipinski definition) is 4. The van der Waals surface area contributed by atoms with E-state index in [1.807, 2.05) is 0 Å². The highest BCUT2D eigenvalue weighted by atomic mass is 16.5. The first-order valence-corrected chi connectivity index (χ1v) is 5.18. The van der Waals surface area contributed by atoms with Crippen LogP contribution in [0.3, 0.4) is 0 Å². The molecular formula is C12H14O6. The van der Waals surface area contributed by atoms with Gasteiger partial charge in [-0.2, -0.15) is 0 Å². The summed E-state index contributed by atoms with van der Waals surface area (Å²) < 4.78 is 4.62. The number of phenolic OH excluding ortho intramolecular Hbond substituents is 2. The Labute approximate surface area is 103 Å². The van der Waals surface area contributed by atoms with Crippen molar-refractivity contribution in [3.05, 3.63) is 29.8 Å². The first kappa shape index (κ1) is 14.0. The average molecular weight is 254 g/mol. The molecule has 0 spiro atoms. The number of benzene rings is 1. The molecule has 0 aromatic heterocycles. The van der Waals surface area contributed by atoms with Gasteiger partial charge < -0.3 is 25.2 Å². The zero-order chi connectivity index (χ0) is 13.5. The van der Waals surface area contributed by atoms with Crippen LogP contribution in [0.5, 0.6) is 11.5 Å². The fourth-order valence-corrected chi connectivity index (χ4v) is 1.09. The molecule has 0 saturated heterocycles. The number of carbonyl (C=O) groups excluding carboxylic acids is 1. The van der Waals surface area contributed by atoms with Gasteiger partial charge in [-0.3, -0.25) is 0 Å². The Balaban J connectivity index is 2.53. The third kappa shape index (κ3) is 4.44. The predicted molar refractivity (Wildman–Crippen MR) is 62.9 cm³/mol. The van der Waals surface area contributed by atoms with Gasteiger partial charge >= 0.3 is 5.97 Å². The highest BCUT2D eigenvalue weighted by Gasteiger charge is 2.05. The van der Waals surface area contributed by atoms with Gasteiger partial charge in [0.15, 0.2) is 11.5 Å². The van der Waals surface area contributed by atoms with Crippen LogP contribution in [-0.4, -0.2) is 45.7 Å². The molecule has 0 bridgehead atoms. The molecule has 6 heteroatoms. The summed E-state index contributed by atoms with van der Waals surface area (Å²) in [5, 5.41) is 35.7. The first-order valence-electron chi connectivity index (χ1n) is 5.18. The molecule has 0 aliphatic heterocycles. The third-order valence-electron chi connectivity index (χ3n) is 2.04. The summed E-state index contributed by atoms with van der Waals surface area (Å²) in [6.45, 7) is -0.774. The Morgan fingerprint density at radius 1 is 1.33 bits per heavy atom. The van der Waals surface area contributed by atoms with Crippen molar-refractivity contribution in [2.24, 2.45) is 0 Å². The number of esters is 1. The van der Waals surface area contributed by atoms with E-state index in [-0.39, 0.29) is 18.1 Å². The van der Waals surface area contributed by atoms with Gasteiger partial charge in [0.05, 0.1) is 6.61 Å². The number of phenols is 2. The van der Waals surface area contributed by atoms with Gasteiger partial charge in [0.2, 0.25) is 0 Å². The number of rotatable bonds is 5. The minimum Gasteiger partial charge on any atom is -0.504 e. The van der Waals surface area contributed by atoms with E-state index < -0.39 is 18.7 Å². The van der Waals surface area contributed by atoms with E-state index in [4.69, 9.17) is 15.3 Å². The summed E-state index contributed by atoms with van der Waals surface area (Å²) in [5.74, 6) is -1.22. The van der Waals surface area contributed by atoms with Gasteiger partial charge in [0, 0.05) is 6.08 Å². The van der Waals surface area contributed by atoms with Crippen molar-refractivity contribution in [3.63, 3.8) is 0 Å². The standard InChI is InChI=1S/C12H14O6/c13-6-9(14)7-18-12(17)4-2-8-1-3-10(15)11(16)5-8/h1-5,9,13-16H,6-7H2/t9-/m0/s1. The Kier molecular flexibility index (Phi) is 5.16. The number of aliphatic hydroxyl groups excluding tert-OH is 2. The van der Waals surface area contributed by atoms with Gasteiger partial charge in [0.1, 0.15) is 12.7 Å². The highest BCUT2D eigenvalue weighted by molar-refractivity contribution is 5.87. The van der Waals surface area contributed by atoms with Crippen LogP contribution in [0.1, 0.15) is 5.56 Å². The van der Waals surface area contributed by atoms with Crippen molar-refractivity contribution in [3.8, 4) is 11.5 Å². The highest BCUT2D eigenvalue weighted by Crippen LogP contribution is 2.25. The second kappa shape index (κ2) is 6.63. The molecule has 1 aromatic rings. The minimum absolute atomic E-state index is 0.249. The van der Waals surface area contributed by atoms with E-state index in [0.29, 0.717) is 5.56 Å². The van der Waals surface area contributed by atoms with Crippen LogP contribution < -0.4 is 0 Å². The van der Waals surface area contributed by atoms with Crippen molar-refractivity contribution < 1.29 is 30.0 Å². The lowest BCUT2D eigenvalue weighted by Gasteiger charge is -2.06. The normalized spacial score (nSPS) is 12.6. The summed E-state index contributed by atoms with van der Waals surface area (Å²) in [6, 6.07) is 4.07. The molecule has 0 radical (unpaired) electrons. The van der Waals surface area contributed by atoms with Crippen LogP contribution in [-0.2, 0) is 9.53 Å². The topological polar surface area (TPSA) is 107 Å². The van der Waals surface area contributed by atoms with Crippen LogP contribution in [0.15, 0.2) is 24.3 Å². The molecular weight excluding hydrogens is 240 g/mol. The van der Waals surface area contributed by atoms with Gasteiger partial charge in [-0.15, -0.1) is 0 Å². The average Bonchev–Trinajstić information content (AvgIpc) is 2.37. The number of hydrogen-bond acceptors (Lipinski definition) is 6. The van der Waals surface area contributed by atoms with Crippen LogP contribution in [0.2, 0.25) is 0 Å². The number of carbonyl (C=O) groups is 1. The van der Waals surface area contributed by atoms with Gasteiger partial charge in [-0.25, -0.2) is 4.79 Å². The summed E-state index contributed by atoms with van der Waals surface area (Å²) in [5.41, 5.74) is 0.505. The summed E-state index contributed by atoms with van der Waals surface area (Å²) in [7, 11) is 0. The first-order chi connectivity index (χ1) is 8.52. The molecule has 1 rings (SSSR count). The van der Waals surface area contributed by atoms with Crippen LogP contribution in [0.4, 0.5) is 0 Å². The van der Waals surface area contributed by atoms with Crippen molar-refractivity contribution in [1.82, 2.24) is 0 Å². The molecule has 0 amide bonds. The smallest absolute Gasteiger partial charge is 0.330 e. The fourth-order valence-electron chi connectivity index (χ4n) is 1.09. The van der Waals surface area contributed by atoms with Crippen molar-refractivity contribution >= 4 is 12.0 Å². The van der Waals surface area contributed by atoms with Crippen molar-refractivity contribution in [1.29, 1.82) is 0 Å². The quantitative estimate of drug-likeness (QED) is 0.335. The Morgan fingerprint density at radius 2 is 2.06 bits per heavy atom. The van der Waals surface area contributed by atoms with E-state index in [1.165, 1.54) is 24.3 Å². The Morgan fingerprint density at radius 3 is 2.67 bits per heavy atom. The van der Waals surface area contributed by atoms with Crippen molar-refractivity contribution in [2.45, 2.75) is 6.10 Å². The molecule has 0 aliphatic carbocycles. The SMILES string of the molecule is O=C(C=Cc1ccc(O)c(O)c1)OC[C@@H](O)CO. The maximum Gasteiger partial charge on any atom is 0.330 e. The maximum atomic E-state index is 11.2. The second-order valence-corrected chi connectivity index (χ2v) is 3.55. The summed E-state index contributed by atoms with van der Waals surface area (Å²) in [6.07, 6.45) is 1.39. The molecule has 0 saturated carbocycles. The zero-order valence-electron chi connectivity index (χ0n) is 9.48. The number of ether oxygens (including phenoxy) is 1. The molecule has 4 N–H and O–H groups in total. The van der Waals surface area contributed by atoms with Gasteiger partial charge in [-0.1, -0.05) is 6.07 Å². The molecule has 1 atom stereocenters. The van der Waals surface area contributed by atoms with E-state index in [0.717, 1.165) is 6.08 Å². The number of aliphatic hydroxyl groups is 2. The van der Waals surface area contributed by atoms with Crippen LogP contribution in [0.25, 0.3) is 6.08 Å². The monoisotopic (exact) mass is 254 g/mol. The summed E-state index contributed by atoms with van der Waals surface area (Å²) in [4.78, 5) is 11.2. The molecule has 1 aromatic carbocycles. The summed E-state index contributed by atoms with van der Waals surface area (Å²) >= 11 is 0. The maximum absolute atomic E-state index is 11.2. The molecule has 0 heterocycles. The van der Waals surface area contributed by atoms with E-state index in [2.05, 4.69) is 4.74 Å². The zero-order valence-corrected chi connectivity index (χ0v) is 9.48. The molecule has 98 valence electrons. The lowest BCUT2D eigenvalue weighted by atomic mass is 10.2. The largest absolute Gasteiger partial charge is 0.504 e. The Hall–Kier alpha value is -2.05. The van der Waals surface area contributed by atoms with E-state index in [1.54, 1.807) is 0 Å². The minimum atomic E-state index is -1.10. The lowest BCUT2D eigenvalue weighted by Crippen LogP contribution is -2.21. The molecule has 18 heavy (non-hydrogen) atoms. The van der Waals surface area contributed by atoms with E-state index in [9.17, 15) is 9.90 Å². The van der Waals surface area contributed by atoms with E-state index >= 15 is 0 Å². The Bertz CT molecular complexity index is 440. The third-order valence-corrected chi connectivity index (χ3v) is 2.04. The second-order valence-electron chi connectivity index (χ2n) is 3.55. The van der Waals surface area contributed by atoms with Gasteiger partial charge in [-0.05, 0) is 23.8 Å². The number of aromatic hydroxyl groups is 2. The van der Waals surface area contributed by atoms with Crippen LogP contribution in [0, 0.1) is 0 Å². The van der Waals surface area contributed by atoms with Crippen molar-refractivity contribution in [2.75, 3.05) is 13.2 Å². The lowest BCUT2D eigenvalue weighted by molar-refractivity contribution is -0.141. The molecule has 6 nitrogen and oxygen atoms in total. The molecule has 0 unspecified atom stereocenters. The molecule has 0 fully saturated rings. The molecule has 0 aliphatic rings.